The molecule has 0 amide bonds. The number of allylic oxidation sites excluding steroid dienone is 1. The van der Waals surface area contributed by atoms with Gasteiger partial charge in [-0.15, -0.1) is 0 Å². The summed E-state index contributed by atoms with van der Waals surface area (Å²) in [6, 6.07) is 10.1. The molecule has 80 valence electrons. The number of para-hydroxylation sites is 1. The summed E-state index contributed by atoms with van der Waals surface area (Å²) in [6.45, 7) is 5.92. The molecule has 1 aromatic carbocycles. The van der Waals surface area contributed by atoms with Gasteiger partial charge in [0.25, 0.3) is 0 Å². The summed E-state index contributed by atoms with van der Waals surface area (Å²) in [5, 5.41) is 4.23. The maximum absolute atomic E-state index is 4.39. The highest BCUT2D eigenvalue weighted by Gasteiger charge is 1.99. The molecule has 0 saturated heterocycles. The highest BCUT2D eigenvalue weighted by molar-refractivity contribution is 5.81. The highest BCUT2D eigenvalue weighted by Crippen LogP contribution is 2.16. The average Bonchev–Trinajstić information content (AvgIpc) is 2.35. The number of aromatic nitrogens is 1. The van der Waals surface area contributed by atoms with Crippen LogP contribution in [0.25, 0.3) is 16.6 Å². The van der Waals surface area contributed by atoms with E-state index in [9.17, 15) is 0 Å². The van der Waals surface area contributed by atoms with Crippen LogP contribution < -0.4 is 5.32 Å². The van der Waals surface area contributed by atoms with Crippen LogP contribution >= 0.6 is 0 Å². The second kappa shape index (κ2) is 4.62. The van der Waals surface area contributed by atoms with E-state index in [4.69, 9.17) is 0 Å². The van der Waals surface area contributed by atoms with Crippen molar-refractivity contribution in [2.45, 2.75) is 6.92 Å². The summed E-state index contributed by atoms with van der Waals surface area (Å²) in [5.74, 6) is 0. The van der Waals surface area contributed by atoms with E-state index in [0.717, 1.165) is 22.2 Å². The summed E-state index contributed by atoms with van der Waals surface area (Å²) in [7, 11) is 0. The van der Waals surface area contributed by atoms with Gasteiger partial charge in [-0.25, -0.2) is 0 Å². The zero-order valence-corrected chi connectivity index (χ0v) is 9.27. The van der Waals surface area contributed by atoms with Gasteiger partial charge in [0.2, 0.25) is 0 Å². The van der Waals surface area contributed by atoms with E-state index < -0.39 is 0 Å². The minimum absolute atomic E-state index is 0.858. The van der Waals surface area contributed by atoms with Crippen LogP contribution in [0.2, 0.25) is 0 Å². The number of pyridine rings is 1. The van der Waals surface area contributed by atoms with Gasteiger partial charge < -0.3 is 5.32 Å². The number of hydrogen-bond donors (Lipinski definition) is 1. The Bertz CT molecular complexity index is 541. The van der Waals surface area contributed by atoms with Gasteiger partial charge in [0.05, 0.1) is 5.52 Å². The van der Waals surface area contributed by atoms with Crippen LogP contribution in [0, 0.1) is 0 Å². The van der Waals surface area contributed by atoms with E-state index in [1.807, 2.05) is 43.6 Å². The summed E-state index contributed by atoms with van der Waals surface area (Å²) >= 11 is 0. The molecule has 16 heavy (non-hydrogen) atoms. The fourth-order valence-corrected chi connectivity index (χ4v) is 1.50. The normalized spacial score (nSPS) is 10.8. The van der Waals surface area contributed by atoms with Crippen molar-refractivity contribution in [3.8, 4) is 0 Å². The molecule has 2 rings (SSSR count). The largest absolute Gasteiger partial charge is 0.362 e. The first kappa shape index (κ1) is 10.4. The Balaban J connectivity index is 2.35. The molecule has 0 radical (unpaired) electrons. The first-order chi connectivity index (χ1) is 7.81. The first-order valence-corrected chi connectivity index (χ1v) is 5.23. The van der Waals surface area contributed by atoms with Crippen LogP contribution in [-0.2, 0) is 0 Å². The number of fused-ring (bicyclic) bond motifs is 1. The van der Waals surface area contributed by atoms with E-state index in [1.165, 1.54) is 0 Å². The predicted molar refractivity (Wildman–Crippen MR) is 68.7 cm³/mol. The van der Waals surface area contributed by atoms with Gasteiger partial charge in [-0.1, -0.05) is 30.9 Å². The Morgan fingerprint density at radius 2 is 2.19 bits per heavy atom. The molecule has 0 saturated carbocycles. The summed E-state index contributed by atoms with van der Waals surface area (Å²) < 4.78 is 0. The van der Waals surface area contributed by atoms with Crippen molar-refractivity contribution < 1.29 is 0 Å². The fraction of sp³-hybridized carbons (Fsp3) is 0.0714. The number of nitrogens with one attached hydrogen (secondary N) is 1. The lowest BCUT2D eigenvalue weighted by Crippen LogP contribution is -2.02. The molecule has 1 heterocycles. The van der Waals surface area contributed by atoms with Crippen molar-refractivity contribution >= 4 is 16.6 Å². The Morgan fingerprint density at radius 1 is 1.38 bits per heavy atom. The molecular weight excluding hydrogens is 196 g/mol. The smallest absolute Gasteiger partial charge is 0.0702 e. The van der Waals surface area contributed by atoms with Crippen LogP contribution in [0.1, 0.15) is 12.5 Å². The number of hydrogen-bond acceptors (Lipinski definition) is 2. The molecule has 0 unspecified atom stereocenters. The monoisotopic (exact) mass is 210 g/mol. The van der Waals surface area contributed by atoms with Crippen LogP contribution in [-0.4, -0.2) is 4.98 Å². The van der Waals surface area contributed by atoms with Crippen molar-refractivity contribution in [3.05, 3.63) is 60.9 Å². The fourth-order valence-electron chi connectivity index (χ4n) is 1.50. The molecule has 0 spiro atoms. The Morgan fingerprint density at radius 3 is 3.00 bits per heavy atom. The van der Waals surface area contributed by atoms with Crippen LogP contribution in [0.4, 0.5) is 0 Å². The van der Waals surface area contributed by atoms with Crippen LogP contribution in [0.5, 0.6) is 0 Å². The number of benzene rings is 1. The van der Waals surface area contributed by atoms with Crippen molar-refractivity contribution in [3.63, 3.8) is 0 Å². The summed E-state index contributed by atoms with van der Waals surface area (Å²) in [4.78, 5) is 4.39. The second-order valence-electron chi connectivity index (χ2n) is 3.54. The summed E-state index contributed by atoms with van der Waals surface area (Å²) in [6.07, 6.45) is 5.62. The lowest BCUT2D eigenvalue weighted by molar-refractivity contribution is 1.20. The first-order valence-electron chi connectivity index (χ1n) is 5.23. The highest BCUT2D eigenvalue weighted by atomic mass is 14.8. The van der Waals surface area contributed by atoms with Crippen LogP contribution in [0.15, 0.2) is 55.4 Å². The molecular formula is C14H14N2. The van der Waals surface area contributed by atoms with Gasteiger partial charge in [-0.05, 0) is 25.3 Å². The molecule has 2 aromatic rings. The molecule has 0 fully saturated rings. The predicted octanol–water partition coefficient (Wildman–Crippen LogP) is 3.33. The van der Waals surface area contributed by atoms with Gasteiger partial charge >= 0.3 is 0 Å². The maximum atomic E-state index is 4.39. The van der Waals surface area contributed by atoms with Gasteiger partial charge in [0.15, 0.2) is 0 Å². The zero-order valence-electron chi connectivity index (χ0n) is 9.27. The minimum Gasteiger partial charge on any atom is -0.362 e. The third-order valence-corrected chi connectivity index (χ3v) is 2.36. The lowest BCUT2D eigenvalue weighted by atomic mass is 10.1. The zero-order chi connectivity index (χ0) is 11.4. The topological polar surface area (TPSA) is 24.9 Å². The van der Waals surface area contributed by atoms with Crippen molar-refractivity contribution in [2.24, 2.45) is 0 Å². The lowest BCUT2D eigenvalue weighted by Gasteiger charge is -2.06. The van der Waals surface area contributed by atoms with Crippen molar-refractivity contribution in [1.29, 1.82) is 0 Å². The molecule has 2 nitrogen and oxygen atoms in total. The average molecular weight is 210 g/mol. The molecule has 2 heteroatoms. The molecule has 0 aliphatic carbocycles. The van der Waals surface area contributed by atoms with E-state index in [0.29, 0.717) is 0 Å². The number of rotatable bonds is 3. The molecule has 1 N–H and O–H groups in total. The van der Waals surface area contributed by atoms with Crippen LogP contribution in [0.3, 0.4) is 0 Å². The van der Waals surface area contributed by atoms with E-state index in [-0.39, 0.29) is 0 Å². The van der Waals surface area contributed by atoms with Crippen molar-refractivity contribution in [2.75, 3.05) is 0 Å². The SMILES string of the molecule is C=C(N/C=C\C)c1cnc2ccccc2c1. The molecule has 0 atom stereocenters. The Hall–Kier alpha value is -2.09. The molecule has 0 bridgehead atoms. The van der Waals surface area contributed by atoms with Crippen molar-refractivity contribution in [1.82, 2.24) is 10.3 Å². The van der Waals surface area contributed by atoms with Gasteiger partial charge in [0.1, 0.15) is 0 Å². The minimum atomic E-state index is 0.858. The van der Waals surface area contributed by atoms with E-state index >= 15 is 0 Å². The second-order valence-corrected chi connectivity index (χ2v) is 3.54. The Labute approximate surface area is 95.3 Å². The third kappa shape index (κ3) is 2.11. The number of nitrogens with zero attached hydrogens (tertiary/aromatic N) is 1. The van der Waals surface area contributed by atoms with Gasteiger partial charge in [0, 0.05) is 22.8 Å². The van der Waals surface area contributed by atoms with E-state index in [2.05, 4.69) is 29.0 Å². The van der Waals surface area contributed by atoms with Gasteiger partial charge in [-0.2, -0.15) is 0 Å². The standard InChI is InChI=1S/C14H14N2/c1-3-8-15-11(2)13-9-12-6-4-5-7-14(12)16-10-13/h3-10,15H,2H2,1H3/b8-3-. The molecule has 1 aromatic heterocycles. The Kier molecular flexibility index (Phi) is 3.01. The quantitative estimate of drug-likeness (QED) is 0.840. The van der Waals surface area contributed by atoms with Gasteiger partial charge in [-0.3, -0.25) is 4.98 Å². The molecule has 0 aliphatic heterocycles. The third-order valence-electron chi connectivity index (χ3n) is 2.36. The maximum Gasteiger partial charge on any atom is 0.0702 e. The van der Waals surface area contributed by atoms with E-state index in [1.54, 1.807) is 0 Å². The summed E-state index contributed by atoms with van der Waals surface area (Å²) in [5.41, 5.74) is 2.87. The molecule has 0 aliphatic rings.